The number of alkyl halides is 4. The molecule has 0 amide bonds. The Hall–Kier alpha value is 1.92. The first kappa shape index (κ1) is 14.3. The van der Waals surface area contributed by atoms with Crippen LogP contribution in [0.25, 0.3) is 0 Å². The zero-order valence-electron chi connectivity index (χ0n) is 9.65. The van der Waals surface area contributed by atoms with Crippen LogP contribution in [-0.2, 0) is 0 Å². The van der Waals surface area contributed by atoms with Crippen molar-refractivity contribution in [2.45, 2.75) is 58.8 Å². The minimum Gasteiger partial charge on any atom is -0.0878 e. The van der Waals surface area contributed by atoms with Gasteiger partial charge < -0.3 is 0 Å². The molecule has 94 valence electrons. The van der Waals surface area contributed by atoms with Crippen molar-refractivity contribution in [2.24, 2.45) is 10.8 Å². The first-order valence-corrected chi connectivity index (χ1v) is 9.50. The normalized spacial score (nSPS) is 58.1. The molecule has 2 aliphatic carbocycles. The quantitative estimate of drug-likeness (QED) is 0.393. The Labute approximate surface area is 132 Å². The van der Waals surface area contributed by atoms with E-state index in [9.17, 15) is 0 Å². The van der Waals surface area contributed by atoms with Gasteiger partial charge in [0.1, 0.15) is 0 Å². The molecule has 0 aliphatic heterocycles. The highest BCUT2D eigenvalue weighted by atomic mass is 79.9. The van der Waals surface area contributed by atoms with Crippen molar-refractivity contribution in [1.29, 1.82) is 0 Å². The Bertz CT molecular complexity index is 230. The highest BCUT2D eigenvalue weighted by molar-refractivity contribution is 9.12. The Balaban J connectivity index is 2.27. The van der Waals surface area contributed by atoms with Crippen molar-refractivity contribution in [3.8, 4) is 0 Å². The molecule has 0 spiro atoms. The molecule has 2 aliphatic rings. The van der Waals surface area contributed by atoms with Gasteiger partial charge in [-0.2, -0.15) is 0 Å². The van der Waals surface area contributed by atoms with Crippen LogP contribution in [0.15, 0.2) is 0 Å². The van der Waals surface area contributed by atoms with Crippen molar-refractivity contribution < 1.29 is 0 Å². The maximum absolute atomic E-state index is 3.84. The lowest BCUT2D eigenvalue weighted by molar-refractivity contribution is -0.0127. The minimum atomic E-state index is 0.462. The molecule has 2 fully saturated rings. The molecule has 2 rings (SSSR count). The fraction of sp³-hybridized carbons (Fsp3) is 1.00. The SMILES string of the molecule is CC12C[C@@H](Br)[C@H](Br)CC1(C)C[C@H](Br)[C@H](Br)C2. The molecule has 0 bridgehead atoms. The summed E-state index contributed by atoms with van der Waals surface area (Å²) in [5.74, 6) is 0. The summed E-state index contributed by atoms with van der Waals surface area (Å²) in [5.41, 5.74) is 0.924. The van der Waals surface area contributed by atoms with Crippen LogP contribution in [0.3, 0.4) is 0 Å². The van der Waals surface area contributed by atoms with Gasteiger partial charge in [0.15, 0.2) is 0 Å². The number of hydrogen-bond donors (Lipinski definition) is 0. The number of fused-ring (bicyclic) bond motifs is 1. The van der Waals surface area contributed by atoms with Gasteiger partial charge in [-0.05, 0) is 36.5 Å². The molecule has 0 saturated heterocycles. The Morgan fingerprint density at radius 3 is 1.00 bits per heavy atom. The van der Waals surface area contributed by atoms with Crippen LogP contribution >= 0.6 is 63.7 Å². The first-order chi connectivity index (χ1) is 7.27. The van der Waals surface area contributed by atoms with Crippen LogP contribution in [-0.4, -0.2) is 19.3 Å². The molecule has 6 atom stereocenters. The molecule has 0 nitrogen and oxygen atoms in total. The lowest BCUT2D eigenvalue weighted by Crippen LogP contribution is -2.54. The third kappa shape index (κ3) is 2.34. The molecular formula is C12H18Br4. The summed E-state index contributed by atoms with van der Waals surface area (Å²) in [6, 6.07) is 0. The molecule has 4 heteroatoms. The molecule has 0 N–H and O–H groups in total. The Morgan fingerprint density at radius 1 is 0.625 bits per heavy atom. The maximum atomic E-state index is 3.84. The third-order valence-corrected chi connectivity index (χ3v) is 10.1. The number of hydrogen-bond acceptors (Lipinski definition) is 0. The lowest BCUT2D eigenvalue weighted by atomic mass is 9.52. The van der Waals surface area contributed by atoms with E-state index >= 15 is 0 Å². The van der Waals surface area contributed by atoms with Gasteiger partial charge >= 0.3 is 0 Å². The highest BCUT2D eigenvalue weighted by Gasteiger charge is 2.55. The van der Waals surface area contributed by atoms with Crippen LogP contribution in [0.4, 0.5) is 0 Å². The monoisotopic (exact) mass is 478 g/mol. The predicted molar refractivity (Wildman–Crippen MR) is 85.5 cm³/mol. The minimum absolute atomic E-state index is 0.462. The standard InChI is InChI=1S/C12H18Br4/c1-11-3-7(13)9(15)5-12(11,2)6-10(16)8(14)4-11/h7-10H,3-6H2,1-2H3/t7-,8-,9-,10+,11?,12?/m1/s1. The molecule has 0 aromatic heterocycles. The van der Waals surface area contributed by atoms with Gasteiger partial charge in [-0.25, -0.2) is 0 Å². The van der Waals surface area contributed by atoms with Crippen LogP contribution < -0.4 is 0 Å². The van der Waals surface area contributed by atoms with Crippen molar-refractivity contribution in [3.05, 3.63) is 0 Å². The topological polar surface area (TPSA) is 0 Å². The van der Waals surface area contributed by atoms with Gasteiger partial charge in [-0.3, -0.25) is 0 Å². The van der Waals surface area contributed by atoms with E-state index in [1.54, 1.807) is 0 Å². The summed E-state index contributed by atoms with van der Waals surface area (Å²) in [6.45, 7) is 4.96. The summed E-state index contributed by atoms with van der Waals surface area (Å²) in [6.07, 6.45) is 5.12. The second-order valence-electron chi connectivity index (χ2n) is 6.00. The molecule has 0 aromatic rings. The Kier molecular flexibility index (Phi) is 4.29. The fourth-order valence-electron chi connectivity index (χ4n) is 3.39. The highest BCUT2D eigenvalue weighted by Crippen LogP contribution is 2.62. The zero-order valence-corrected chi connectivity index (χ0v) is 16.0. The van der Waals surface area contributed by atoms with Crippen LogP contribution in [0, 0.1) is 10.8 Å². The van der Waals surface area contributed by atoms with Gasteiger partial charge in [-0.1, -0.05) is 77.6 Å². The molecule has 0 radical (unpaired) electrons. The van der Waals surface area contributed by atoms with Crippen molar-refractivity contribution in [1.82, 2.24) is 0 Å². The van der Waals surface area contributed by atoms with E-state index in [0.717, 1.165) is 0 Å². The first-order valence-electron chi connectivity index (χ1n) is 5.84. The summed E-state index contributed by atoms with van der Waals surface area (Å²) in [7, 11) is 0. The molecule has 16 heavy (non-hydrogen) atoms. The van der Waals surface area contributed by atoms with E-state index in [-0.39, 0.29) is 0 Å². The van der Waals surface area contributed by atoms with Gasteiger partial charge in [0.2, 0.25) is 0 Å². The average Bonchev–Trinajstić information content (AvgIpc) is 2.12. The molecule has 2 saturated carbocycles. The van der Waals surface area contributed by atoms with E-state index in [1.807, 2.05) is 0 Å². The van der Waals surface area contributed by atoms with Crippen LogP contribution in [0.5, 0.6) is 0 Å². The van der Waals surface area contributed by atoms with E-state index in [1.165, 1.54) is 25.7 Å². The van der Waals surface area contributed by atoms with Crippen LogP contribution in [0.2, 0.25) is 0 Å². The smallest absolute Gasteiger partial charge is 0.0276 e. The van der Waals surface area contributed by atoms with Crippen molar-refractivity contribution in [3.63, 3.8) is 0 Å². The average molecular weight is 482 g/mol. The predicted octanol–water partition coefficient (Wildman–Crippen LogP) is 5.64. The molecule has 0 aromatic carbocycles. The Morgan fingerprint density at radius 2 is 0.812 bits per heavy atom. The van der Waals surface area contributed by atoms with Gasteiger partial charge in [0, 0.05) is 19.3 Å². The lowest BCUT2D eigenvalue weighted by Gasteiger charge is -2.58. The van der Waals surface area contributed by atoms with Crippen LogP contribution in [0.1, 0.15) is 39.5 Å². The number of rotatable bonds is 0. The number of halogens is 4. The van der Waals surface area contributed by atoms with E-state index in [0.29, 0.717) is 30.1 Å². The fourth-order valence-corrected chi connectivity index (χ4v) is 6.99. The van der Waals surface area contributed by atoms with Crippen molar-refractivity contribution in [2.75, 3.05) is 0 Å². The second-order valence-corrected chi connectivity index (χ2v) is 10.7. The largest absolute Gasteiger partial charge is 0.0878 e. The summed E-state index contributed by atoms with van der Waals surface area (Å²) >= 11 is 15.3. The third-order valence-electron chi connectivity index (χ3n) is 4.82. The maximum Gasteiger partial charge on any atom is 0.0276 e. The van der Waals surface area contributed by atoms with Gasteiger partial charge in [0.05, 0.1) is 0 Å². The molecule has 2 unspecified atom stereocenters. The van der Waals surface area contributed by atoms with E-state index < -0.39 is 0 Å². The van der Waals surface area contributed by atoms with Crippen molar-refractivity contribution >= 4 is 63.7 Å². The van der Waals surface area contributed by atoms with Gasteiger partial charge in [-0.15, -0.1) is 0 Å². The summed E-state index contributed by atoms with van der Waals surface area (Å²) < 4.78 is 0. The van der Waals surface area contributed by atoms with E-state index in [2.05, 4.69) is 77.6 Å². The van der Waals surface area contributed by atoms with Gasteiger partial charge in [0.25, 0.3) is 0 Å². The van der Waals surface area contributed by atoms with E-state index in [4.69, 9.17) is 0 Å². The summed E-state index contributed by atoms with van der Waals surface area (Å²) in [4.78, 5) is 2.49. The summed E-state index contributed by atoms with van der Waals surface area (Å²) in [5, 5.41) is 0. The second kappa shape index (κ2) is 4.79. The zero-order chi connectivity index (χ0) is 12.1. The molecule has 0 heterocycles. The molecular weight excluding hydrogens is 464 g/mol.